The number of amides is 1. The molecule has 1 aliphatic rings. The first-order valence-electron chi connectivity index (χ1n) is 9.50. The van der Waals surface area contributed by atoms with Crippen molar-refractivity contribution < 1.29 is 24.2 Å². The summed E-state index contributed by atoms with van der Waals surface area (Å²) < 4.78 is 9.54. The molecule has 2 atom stereocenters. The molecule has 1 unspecified atom stereocenters. The molecule has 1 aromatic rings. The molecule has 0 spiro atoms. The summed E-state index contributed by atoms with van der Waals surface area (Å²) in [5, 5.41) is 10.9. The number of hydrogen-bond donors (Lipinski definition) is 1. The van der Waals surface area contributed by atoms with Crippen LogP contribution in [-0.2, 0) is 25.5 Å². The van der Waals surface area contributed by atoms with Gasteiger partial charge >= 0.3 is 5.97 Å². The van der Waals surface area contributed by atoms with E-state index in [2.05, 4.69) is 16.6 Å². The number of ether oxygens (including phenoxy) is 2. The Morgan fingerprint density at radius 3 is 3.03 bits per heavy atom. The summed E-state index contributed by atoms with van der Waals surface area (Å²) in [7, 11) is 1.29. The molecule has 1 amide bonds. The Kier molecular flexibility index (Phi) is 9.72. The molecule has 1 aliphatic heterocycles. The van der Waals surface area contributed by atoms with E-state index < -0.39 is 12.1 Å². The standard InChI is InChI=1S/C22H26ClNO5/c1-28-22(27)16-29-13-3-2-12-24-19(8-5-9-21(24)26)10-11-20(25)15-17-6-4-7-18(23)14-17/h4,6-7,10-11,14,19-20,25H,5,8-9,12-13,15-16H2,1H3/t19-,20?/m1/s1. The first-order valence-corrected chi connectivity index (χ1v) is 9.88. The number of benzene rings is 1. The summed E-state index contributed by atoms with van der Waals surface area (Å²) in [6, 6.07) is 7.28. The molecule has 1 N–H and O–H groups in total. The van der Waals surface area contributed by atoms with Crippen LogP contribution in [0.5, 0.6) is 0 Å². The first-order chi connectivity index (χ1) is 14.0. The Balaban J connectivity index is 1.87. The highest BCUT2D eigenvalue weighted by molar-refractivity contribution is 6.30. The van der Waals surface area contributed by atoms with Gasteiger partial charge in [0.15, 0.2) is 0 Å². The third kappa shape index (κ3) is 8.28. The second-order valence-electron chi connectivity index (χ2n) is 6.69. The second kappa shape index (κ2) is 12.3. The van der Waals surface area contributed by atoms with Gasteiger partial charge in [0.25, 0.3) is 0 Å². The summed E-state index contributed by atoms with van der Waals surface area (Å²) >= 11 is 5.98. The Hall–Kier alpha value is -2.33. The van der Waals surface area contributed by atoms with E-state index in [-0.39, 0.29) is 31.7 Å². The maximum absolute atomic E-state index is 12.3. The highest BCUT2D eigenvalue weighted by Crippen LogP contribution is 2.19. The summed E-state index contributed by atoms with van der Waals surface area (Å²) in [6.45, 7) is 0.222. The monoisotopic (exact) mass is 419 g/mol. The molecule has 0 aromatic heterocycles. The third-order valence-corrected chi connectivity index (χ3v) is 4.73. The van der Waals surface area contributed by atoms with Gasteiger partial charge in [-0.1, -0.05) is 47.7 Å². The maximum Gasteiger partial charge on any atom is 0.331 e. The van der Waals surface area contributed by atoms with Gasteiger partial charge in [0, 0.05) is 17.9 Å². The van der Waals surface area contributed by atoms with Crippen LogP contribution >= 0.6 is 11.6 Å². The minimum atomic E-state index is -0.662. The molecule has 29 heavy (non-hydrogen) atoms. The topological polar surface area (TPSA) is 76.1 Å². The number of carbonyl (C=O) groups is 2. The number of aliphatic hydroxyl groups is 1. The SMILES string of the molecule is COC(=O)COCC#CCN1C(=O)CCC[C@@H]1C=CC(O)Cc1cccc(Cl)c1. The van der Waals surface area contributed by atoms with Gasteiger partial charge in [-0.25, -0.2) is 4.79 Å². The number of halogens is 1. The fourth-order valence-electron chi connectivity index (χ4n) is 3.02. The normalized spacial score (nSPS) is 17.7. The van der Waals surface area contributed by atoms with Crippen molar-refractivity contribution in [3.05, 3.63) is 47.0 Å². The largest absolute Gasteiger partial charge is 0.467 e. The van der Waals surface area contributed by atoms with Gasteiger partial charge in [-0.15, -0.1) is 0 Å². The van der Waals surface area contributed by atoms with Crippen LogP contribution < -0.4 is 0 Å². The fourth-order valence-corrected chi connectivity index (χ4v) is 3.23. The van der Waals surface area contributed by atoms with Gasteiger partial charge in [-0.3, -0.25) is 4.79 Å². The van der Waals surface area contributed by atoms with Gasteiger partial charge in [0.05, 0.1) is 25.8 Å². The van der Waals surface area contributed by atoms with Crippen molar-refractivity contribution in [1.82, 2.24) is 4.90 Å². The van der Waals surface area contributed by atoms with Crippen LogP contribution in [0.1, 0.15) is 24.8 Å². The highest BCUT2D eigenvalue weighted by Gasteiger charge is 2.25. The number of rotatable bonds is 8. The molecule has 1 heterocycles. The first kappa shape index (κ1) is 23.0. The van der Waals surface area contributed by atoms with E-state index in [9.17, 15) is 14.7 Å². The lowest BCUT2D eigenvalue weighted by molar-refractivity contribution is -0.145. The molecule has 2 rings (SSSR count). The molecule has 1 fully saturated rings. The molecule has 1 aromatic carbocycles. The van der Waals surface area contributed by atoms with Crippen molar-refractivity contribution in [3.63, 3.8) is 0 Å². The summed E-state index contributed by atoms with van der Waals surface area (Å²) in [5.74, 6) is 5.29. The number of nitrogens with zero attached hydrogens (tertiary/aromatic N) is 1. The van der Waals surface area contributed by atoms with Gasteiger partial charge < -0.3 is 19.5 Å². The van der Waals surface area contributed by atoms with E-state index in [1.807, 2.05) is 24.3 Å². The van der Waals surface area contributed by atoms with Gasteiger partial charge in [-0.2, -0.15) is 0 Å². The number of methoxy groups -OCH3 is 1. The molecule has 7 heteroatoms. The number of piperidine rings is 1. The van der Waals surface area contributed by atoms with E-state index >= 15 is 0 Å². The molecule has 0 radical (unpaired) electrons. The number of aliphatic hydroxyl groups excluding tert-OH is 1. The molecular formula is C22H26ClNO5. The van der Waals surface area contributed by atoms with Crippen LogP contribution in [0, 0.1) is 11.8 Å². The molecule has 156 valence electrons. The number of hydrogen-bond acceptors (Lipinski definition) is 5. The number of esters is 1. The third-order valence-electron chi connectivity index (χ3n) is 4.50. The zero-order valence-corrected chi connectivity index (χ0v) is 17.2. The van der Waals surface area contributed by atoms with E-state index in [1.165, 1.54) is 7.11 Å². The van der Waals surface area contributed by atoms with E-state index in [0.29, 0.717) is 17.9 Å². The van der Waals surface area contributed by atoms with Crippen LogP contribution in [0.3, 0.4) is 0 Å². The fraction of sp³-hybridized carbons (Fsp3) is 0.455. The minimum Gasteiger partial charge on any atom is -0.467 e. The summed E-state index contributed by atoms with van der Waals surface area (Å²) in [6.07, 6.45) is 5.53. The van der Waals surface area contributed by atoms with Crippen molar-refractivity contribution in [2.24, 2.45) is 0 Å². The molecule has 0 bridgehead atoms. The Bertz CT molecular complexity index is 783. The lowest BCUT2D eigenvalue weighted by Gasteiger charge is -2.32. The smallest absolute Gasteiger partial charge is 0.331 e. The average molecular weight is 420 g/mol. The van der Waals surface area contributed by atoms with Crippen LogP contribution in [0.15, 0.2) is 36.4 Å². The highest BCUT2D eigenvalue weighted by atomic mass is 35.5. The van der Waals surface area contributed by atoms with Gasteiger partial charge in [-0.05, 0) is 30.5 Å². The second-order valence-corrected chi connectivity index (χ2v) is 7.13. The van der Waals surface area contributed by atoms with Crippen molar-refractivity contribution in [1.29, 1.82) is 0 Å². The number of likely N-dealkylation sites (tertiary alicyclic amines) is 1. The molecular weight excluding hydrogens is 394 g/mol. The quantitative estimate of drug-likeness (QED) is 0.303. The Morgan fingerprint density at radius 2 is 2.28 bits per heavy atom. The van der Waals surface area contributed by atoms with Crippen LogP contribution in [0.2, 0.25) is 5.02 Å². The predicted octanol–water partition coefficient (Wildman–Crippen LogP) is 2.37. The molecule has 0 saturated carbocycles. The molecule has 1 saturated heterocycles. The summed E-state index contributed by atoms with van der Waals surface area (Å²) in [4.78, 5) is 24.9. The van der Waals surface area contributed by atoms with Crippen molar-refractivity contribution in [2.75, 3.05) is 26.9 Å². The van der Waals surface area contributed by atoms with Crippen molar-refractivity contribution >= 4 is 23.5 Å². The lowest BCUT2D eigenvalue weighted by atomic mass is 9.99. The Labute approximate surface area is 176 Å². The average Bonchev–Trinajstić information content (AvgIpc) is 2.70. The zero-order valence-electron chi connectivity index (χ0n) is 16.5. The van der Waals surface area contributed by atoms with E-state index in [0.717, 1.165) is 18.4 Å². The van der Waals surface area contributed by atoms with E-state index in [4.69, 9.17) is 16.3 Å². The predicted molar refractivity (Wildman–Crippen MR) is 110 cm³/mol. The minimum absolute atomic E-state index is 0.0417. The van der Waals surface area contributed by atoms with E-state index in [1.54, 1.807) is 17.0 Å². The maximum atomic E-state index is 12.3. The zero-order chi connectivity index (χ0) is 21.1. The lowest BCUT2D eigenvalue weighted by Crippen LogP contribution is -2.42. The van der Waals surface area contributed by atoms with Crippen molar-refractivity contribution in [3.8, 4) is 11.8 Å². The Morgan fingerprint density at radius 1 is 1.45 bits per heavy atom. The van der Waals surface area contributed by atoms with Crippen LogP contribution in [0.4, 0.5) is 0 Å². The molecule has 0 aliphatic carbocycles. The molecule has 6 nitrogen and oxygen atoms in total. The van der Waals surface area contributed by atoms with Crippen molar-refractivity contribution in [2.45, 2.75) is 37.8 Å². The summed E-state index contributed by atoms with van der Waals surface area (Å²) in [5.41, 5.74) is 0.948. The van der Waals surface area contributed by atoms with Gasteiger partial charge in [0.1, 0.15) is 13.2 Å². The van der Waals surface area contributed by atoms with Gasteiger partial charge in [0.2, 0.25) is 5.91 Å². The van der Waals surface area contributed by atoms with Crippen LogP contribution in [0.25, 0.3) is 0 Å². The van der Waals surface area contributed by atoms with Crippen LogP contribution in [-0.4, -0.2) is 60.9 Å². The number of carbonyl (C=O) groups excluding carboxylic acids is 2.